The lowest BCUT2D eigenvalue weighted by atomic mass is 9.39. The Morgan fingerprint density at radius 3 is 2.06 bits per heavy atom. The van der Waals surface area contributed by atoms with E-state index in [1.165, 1.54) is 70.6 Å². The van der Waals surface area contributed by atoms with Crippen LogP contribution in [0.3, 0.4) is 0 Å². The van der Waals surface area contributed by atoms with Gasteiger partial charge in [-0.2, -0.15) is 0 Å². The Morgan fingerprint density at radius 2 is 1.35 bits per heavy atom. The fraction of sp³-hybridized carbons (Fsp3) is 0.935. The van der Waals surface area contributed by atoms with E-state index >= 15 is 0 Å². The van der Waals surface area contributed by atoms with Crippen LogP contribution in [0.2, 0.25) is 0 Å². The zero-order valence-electron chi connectivity index (χ0n) is 22.8. The van der Waals surface area contributed by atoms with Gasteiger partial charge < -0.3 is 0 Å². The van der Waals surface area contributed by atoms with Crippen molar-refractivity contribution in [1.82, 2.24) is 0 Å². The molecule has 0 bridgehead atoms. The van der Waals surface area contributed by atoms with Gasteiger partial charge >= 0.3 is 0 Å². The fourth-order valence-corrected chi connectivity index (χ4v) is 10.2. The van der Waals surface area contributed by atoms with E-state index < -0.39 is 0 Å². The highest BCUT2D eigenvalue weighted by Crippen LogP contribution is 2.70. The van der Waals surface area contributed by atoms with Crippen molar-refractivity contribution in [3.05, 3.63) is 11.6 Å². The van der Waals surface area contributed by atoms with Gasteiger partial charge in [-0.25, -0.2) is 0 Å². The highest BCUT2D eigenvalue weighted by atomic mass is 14.7. The number of fused-ring (bicyclic) bond motifs is 7. The van der Waals surface area contributed by atoms with Gasteiger partial charge in [0.05, 0.1) is 0 Å². The molecule has 0 heterocycles. The third kappa shape index (κ3) is 3.89. The zero-order chi connectivity index (χ0) is 23.0. The molecule has 9 atom stereocenters. The maximum absolute atomic E-state index is 2.84. The van der Waals surface area contributed by atoms with E-state index in [-0.39, 0.29) is 0 Å². The lowest BCUT2D eigenvalue weighted by molar-refractivity contribution is -0.134. The normalized spacial score (nSPS) is 50.5. The first-order valence-corrected chi connectivity index (χ1v) is 14.5. The summed E-state index contributed by atoms with van der Waals surface area (Å²) >= 11 is 0. The number of rotatable bonds is 0. The molecule has 31 heavy (non-hydrogen) atoms. The van der Waals surface area contributed by atoms with E-state index in [4.69, 9.17) is 0 Å². The predicted molar refractivity (Wildman–Crippen MR) is 138 cm³/mol. The first-order chi connectivity index (χ1) is 14.8. The molecule has 5 rings (SSSR count). The summed E-state index contributed by atoms with van der Waals surface area (Å²) in [5.41, 5.74) is 3.78. The van der Waals surface area contributed by atoms with Crippen LogP contribution in [0.25, 0.3) is 0 Å². The second-order valence-electron chi connectivity index (χ2n) is 12.6. The van der Waals surface area contributed by atoms with Crippen molar-refractivity contribution in [3.8, 4) is 0 Å². The SMILES string of the molecule is CC.CC.CC1CCCC2(C)CCC3C(=CCC4C3(C)CCC3C(C)CCCC34C)C12. The van der Waals surface area contributed by atoms with Gasteiger partial charge in [-0.15, -0.1) is 0 Å². The molecule has 0 nitrogen and oxygen atoms in total. The van der Waals surface area contributed by atoms with Gasteiger partial charge in [-0.3, -0.25) is 0 Å². The van der Waals surface area contributed by atoms with Crippen molar-refractivity contribution >= 4 is 0 Å². The van der Waals surface area contributed by atoms with Crippen LogP contribution >= 0.6 is 0 Å². The molecule has 0 N–H and O–H groups in total. The first kappa shape index (κ1) is 25.4. The molecular weight excluding hydrogens is 372 g/mol. The van der Waals surface area contributed by atoms with Crippen LogP contribution in [0.4, 0.5) is 0 Å². The van der Waals surface area contributed by atoms with Crippen molar-refractivity contribution in [2.45, 2.75) is 133 Å². The summed E-state index contributed by atoms with van der Waals surface area (Å²) in [5.74, 6) is 5.64. The van der Waals surface area contributed by atoms with Crippen LogP contribution in [0.15, 0.2) is 11.6 Å². The Morgan fingerprint density at radius 1 is 0.710 bits per heavy atom. The van der Waals surface area contributed by atoms with Crippen molar-refractivity contribution in [1.29, 1.82) is 0 Å². The quantitative estimate of drug-likeness (QED) is 0.337. The Hall–Kier alpha value is -0.260. The Kier molecular flexibility index (Phi) is 7.81. The van der Waals surface area contributed by atoms with Crippen LogP contribution in [-0.2, 0) is 0 Å². The molecule has 0 saturated heterocycles. The third-order valence-corrected chi connectivity index (χ3v) is 11.4. The van der Waals surface area contributed by atoms with Crippen LogP contribution in [-0.4, -0.2) is 0 Å². The molecule has 4 fully saturated rings. The first-order valence-electron chi connectivity index (χ1n) is 14.5. The zero-order valence-corrected chi connectivity index (χ0v) is 22.8. The molecule has 0 aliphatic heterocycles. The summed E-state index contributed by atoms with van der Waals surface area (Å²) in [4.78, 5) is 0. The molecule has 0 heteroatoms. The average molecular weight is 429 g/mol. The van der Waals surface area contributed by atoms with Crippen LogP contribution in [0.5, 0.6) is 0 Å². The van der Waals surface area contributed by atoms with Gasteiger partial charge in [0, 0.05) is 0 Å². The van der Waals surface area contributed by atoms with Gasteiger partial charge in [-0.05, 0) is 96.7 Å². The molecule has 0 aromatic carbocycles. The maximum atomic E-state index is 2.84. The minimum atomic E-state index is 0.588. The van der Waals surface area contributed by atoms with E-state index in [2.05, 4.69) is 40.7 Å². The van der Waals surface area contributed by atoms with Crippen LogP contribution < -0.4 is 0 Å². The van der Waals surface area contributed by atoms with E-state index in [0.717, 1.165) is 35.5 Å². The van der Waals surface area contributed by atoms with E-state index in [1.807, 2.05) is 33.3 Å². The number of allylic oxidation sites excluding steroid dienone is 2. The summed E-state index contributed by atoms with van der Waals surface area (Å²) in [6, 6.07) is 0. The van der Waals surface area contributed by atoms with E-state index in [9.17, 15) is 0 Å². The molecule has 9 unspecified atom stereocenters. The molecule has 5 aliphatic carbocycles. The molecule has 5 aliphatic rings. The highest BCUT2D eigenvalue weighted by Gasteiger charge is 2.61. The van der Waals surface area contributed by atoms with Crippen LogP contribution in [0.1, 0.15) is 133 Å². The molecule has 0 aromatic heterocycles. The lowest BCUT2D eigenvalue weighted by Crippen LogP contribution is -2.58. The molecule has 0 amide bonds. The molecular formula is C31H56. The van der Waals surface area contributed by atoms with E-state index in [0.29, 0.717) is 16.2 Å². The van der Waals surface area contributed by atoms with Gasteiger partial charge in [0.15, 0.2) is 0 Å². The smallest absolute Gasteiger partial charge is 0.0121 e. The van der Waals surface area contributed by atoms with Crippen molar-refractivity contribution in [2.24, 2.45) is 51.8 Å². The Balaban J connectivity index is 0.000000645. The summed E-state index contributed by atoms with van der Waals surface area (Å²) in [6.07, 6.45) is 19.2. The largest absolute Gasteiger partial charge is 0.0844 e. The maximum Gasteiger partial charge on any atom is -0.0121 e. The van der Waals surface area contributed by atoms with Crippen molar-refractivity contribution in [2.75, 3.05) is 0 Å². The summed E-state index contributed by atoms with van der Waals surface area (Å²) < 4.78 is 0. The summed E-state index contributed by atoms with van der Waals surface area (Å²) in [7, 11) is 0. The second kappa shape index (κ2) is 9.54. The van der Waals surface area contributed by atoms with Crippen molar-refractivity contribution < 1.29 is 0 Å². The number of hydrogen-bond acceptors (Lipinski definition) is 0. The second-order valence-corrected chi connectivity index (χ2v) is 12.6. The molecule has 180 valence electrons. The molecule has 0 aromatic rings. The van der Waals surface area contributed by atoms with Crippen molar-refractivity contribution in [3.63, 3.8) is 0 Å². The van der Waals surface area contributed by atoms with Gasteiger partial charge in [0.1, 0.15) is 0 Å². The molecule has 0 spiro atoms. The fourth-order valence-electron chi connectivity index (χ4n) is 10.2. The molecule has 0 radical (unpaired) electrons. The van der Waals surface area contributed by atoms with Gasteiger partial charge in [0.2, 0.25) is 0 Å². The number of hydrogen-bond donors (Lipinski definition) is 0. The highest BCUT2D eigenvalue weighted by molar-refractivity contribution is 5.28. The van der Waals surface area contributed by atoms with E-state index in [1.54, 1.807) is 0 Å². The predicted octanol–water partition coefficient (Wildman–Crippen LogP) is 10.1. The monoisotopic (exact) mass is 428 g/mol. The Labute approximate surface area is 196 Å². The molecule has 4 saturated carbocycles. The summed E-state index contributed by atoms with van der Waals surface area (Å²) in [5, 5.41) is 0. The van der Waals surface area contributed by atoms with Gasteiger partial charge in [-0.1, -0.05) is 99.6 Å². The third-order valence-electron chi connectivity index (χ3n) is 11.4. The Bertz CT molecular complexity index is 630. The van der Waals surface area contributed by atoms with Gasteiger partial charge in [0.25, 0.3) is 0 Å². The standard InChI is InChI=1S/C27H44.2C2H6/c1-18-8-7-15-26(4)21(18)13-17-27(5)22-12-16-25(3)14-6-9-19(2)24(25)20(22)10-11-23(26)27;2*1-2/h10,18-19,21-24H,6-9,11-17H2,1-5H3;2*1-2H3. The minimum Gasteiger partial charge on any atom is -0.0844 e. The van der Waals surface area contributed by atoms with Crippen LogP contribution in [0, 0.1) is 51.8 Å². The topological polar surface area (TPSA) is 0 Å². The minimum absolute atomic E-state index is 0.588. The average Bonchev–Trinajstić information content (AvgIpc) is 2.75. The lowest BCUT2D eigenvalue weighted by Gasteiger charge is -2.66. The summed E-state index contributed by atoms with van der Waals surface area (Å²) in [6.45, 7) is 21.3.